The highest BCUT2D eigenvalue weighted by Crippen LogP contribution is 2.34. The van der Waals surface area contributed by atoms with Crippen LogP contribution in [0.1, 0.15) is 11.1 Å². The summed E-state index contributed by atoms with van der Waals surface area (Å²) >= 11 is 1.49. The van der Waals surface area contributed by atoms with Crippen LogP contribution in [0.5, 0.6) is 5.75 Å². The summed E-state index contributed by atoms with van der Waals surface area (Å²) in [6.45, 7) is 2.46. The molecule has 1 aliphatic heterocycles. The largest absolute Gasteiger partial charge is 0.481 e. The Balaban J connectivity index is 1.73. The van der Waals surface area contributed by atoms with E-state index in [9.17, 15) is 4.79 Å². The number of hydrogen-bond donors (Lipinski definition) is 1. The van der Waals surface area contributed by atoms with Crippen LogP contribution in [-0.4, -0.2) is 14.8 Å². The third kappa shape index (κ3) is 1.86. The van der Waals surface area contributed by atoms with E-state index in [0.717, 1.165) is 27.0 Å². The zero-order valence-corrected chi connectivity index (χ0v) is 13.7. The van der Waals surface area contributed by atoms with Crippen molar-refractivity contribution in [3.8, 4) is 22.1 Å². The molecule has 1 aliphatic rings. The standard InChI is InChI=1S/C18H13N3O2S/c1-10-6-7-13-14(8-10)24-18(19-13)21-17(22)16-15(20-21)12-5-3-2-4-11(12)9-23-16/h2-8,20H,9H2,1H3. The van der Waals surface area contributed by atoms with Crippen LogP contribution in [0, 0.1) is 6.92 Å². The maximum absolute atomic E-state index is 12.7. The Morgan fingerprint density at radius 3 is 3.04 bits per heavy atom. The summed E-state index contributed by atoms with van der Waals surface area (Å²) in [5, 5.41) is 3.80. The highest BCUT2D eigenvalue weighted by molar-refractivity contribution is 7.20. The van der Waals surface area contributed by atoms with E-state index in [2.05, 4.69) is 16.1 Å². The van der Waals surface area contributed by atoms with Crippen LogP contribution in [0.2, 0.25) is 0 Å². The predicted octanol–water partition coefficient (Wildman–Crippen LogP) is 3.64. The highest BCUT2D eigenvalue weighted by atomic mass is 32.1. The number of aromatic nitrogens is 3. The van der Waals surface area contributed by atoms with Gasteiger partial charge in [-0.25, -0.2) is 4.98 Å². The van der Waals surface area contributed by atoms with Gasteiger partial charge in [-0.15, -0.1) is 0 Å². The minimum atomic E-state index is -0.199. The van der Waals surface area contributed by atoms with Crippen LogP contribution >= 0.6 is 11.3 Å². The molecule has 0 amide bonds. The smallest absolute Gasteiger partial charge is 0.316 e. The minimum absolute atomic E-state index is 0.199. The lowest BCUT2D eigenvalue weighted by molar-refractivity contribution is 0.299. The predicted molar refractivity (Wildman–Crippen MR) is 94.1 cm³/mol. The number of nitrogens with zero attached hydrogens (tertiary/aromatic N) is 2. The molecule has 0 aliphatic carbocycles. The van der Waals surface area contributed by atoms with E-state index >= 15 is 0 Å². The first-order valence-corrected chi connectivity index (χ1v) is 8.46. The van der Waals surface area contributed by atoms with Crippen molar-refractivity contribution in [3.05, 3.63) is 63.9 Å². The molecule has 3 heterocycles. The number of hydrogen-bond acceptors (Lipinski definition) is 4. The molecular formula is C18H13N3O2S. The van der Waals surface area contributed by atoms with Gasteiger partial charge in [0.2, 0.25) is 10.9 Å². The van der Waals surface area contributed by atoms with Gasteiger partial charge in [-0.05, 0) is 30.2 Å². The van der Waals surface area contributed by atoms with Crippen molar-refractivity contribution in [3.63, 3.8) is 0 Å². The number of thiazole rings is 1. The molecule has 0 unspecified atom stereocenters. The number of benzene rings is 2. The number of aromatic amines is 1. The third-order valence-corrected chi connectivity index (χ3v) is 5.23. The van der Waals surface area contributed by atoms with Crippen LogP contribution < -0.4 is 10.3 Å². The summed E-state index contributed by atoms with van der Waals surface area (Å²) in [5.41, 5.74) is 4.66. The van der Waals surface area contributed by atoms with E-state index in [0.29, 0.717) is 17.5 Å². The van der Waals surface area contributed by atoms with Crippen molar-refractivity contribution in [1.29, 1.82) is 0 Å². The first-order chi connectivity index (χ1) is 11.7. The summed E-state index contributed by atoms with van der Waals surface area (Å²) in [6.07, 6.45) is 0. The lowest BCUT2D eigenvalue weighted by atomic mass is 10.0. The Hall–Kier alpha value is -2.86. The average Bonchev–Trinajstić information content (AvgIpc) is 3.15. The van der Waals surface area contributed by atoms with Gasteiger partial charge < -0.3 is 4.74 Å². The normalized spacial score (nSPS) is 12.7. The van der Waals surface area contributed by atoms with Crippen LogP contribution in [0.15, 0.2) is 47.3 Å². The fraction of sp³-hybridized carbons (Fsp3) is 0.111. The molecule has 2 aromatic heterocycles. The maximum Gasteiger partial charge on any atom is 0.316 e. The molecule has 24 heavy (non-hydrogen) atoms. The van der Waals surface area contributed by atoms with Gasteiger partial charge in [0.1, 0.15) is 12.3 Å². The molecule has 118 valence electrons. The van der Waals surface area contributed by atoms with Crippen molar-refractivity contribution in [1.82, 2.24) is 14.8 Å². The van der Waals surface area contributed by atoms with Crippen LogP contribution in [-0.2, 0) is 6.61 Å². The summed E-state index contributed by atoms with van der Waals surface area (Å²) in [7, 11) is 0. The van der Waals surface area contributed by atoms with Crippen molar-refractivity contribution in [2.45, 2.75) is 13.5 Å². The second-order valence-electron chi connectivity index (χ2n) is 5.87. The van der Waals surface area contributed by atoms with Gasteiger partial charge in [0.15, 0.2) is 0 Å². The van der Waals surface area contributed by atoms with Gasteiger partial charge in [-0.2, -0.15) is 4.68 Å². The molecule has 0 bridgehead atoms. The monoisotopic (exact) mass is 335 g/mol. The van der Waals surface area contributed by atoms with E-state index in [1.807, 2.05) is 43.3 Å². The molecule has 0 saturated heterocycles. The molecule has 4 aromatic rings. The Morgan fingerprint density at radius 2 is 2.12 bits per heavy atom. The quantitative estimate of drug-likeness (QED) is 0.578. The van der Waals surface area contributed by atoms with Gasteiger partial charge in [-0.1, -0.05) is 41.7 Å². The first kappa shape index (κ1) is 13.6. The molecule has 0 atom stereocenters. The van der Waals surface area contributed by atoms with Gasteiger partial charge in [0, 0.05) is 5.56 Å². The second kappa shape index (κ2) is 4.82. The van der Waals surface area contributed by atoms with Crippen molar-refractivity contribution < 1.29 is 4.74 Å². The average molecular weight is 335 g/mol. The van der Waals surface area contributed by atoms with Crippen LogP contribution in [0.4, 0.5) is 0 Å². The fourth-order valence-electron chi connectivity index (χ4n) is 3.03. The number of H-pyrrole nitrogens is 1. The number of nitrogens with one attached hydrogen (secondary N) is 1. The molecular weight excluding hydrogens is 322 g/mol. The zero-order valence-electron chi connectivity index (χ0n) is 12.9. The Kier molecular flexibility index (Phi) is 2.72. The van der Waals surface area contributed by atoms with Gasteiger partial charge in [0.05, 0.1) is 10.2 Å². The maximum atomic E-state index is 12.7. The van der Waals surface area contributed by atoms with Gasteiger partial charge in [-0.3, -0.25) is 9.89 Å². The molecule has 0 radical (unpaired) electrons. The Labute approximate surface area is 141 Å². The second-order valence-corrected chi connectivity index (χ2v) is 6.88. The molecule has 2 aromatic carbocycles. The Bertz CT molecular complexity index is 1150. The number of ether oxygens (including phenoxy) is 1. The van der Waals surface area contributed by atoms with E-state index in [1.165, 1.54) is 21.6 Å². The van der Waals surface area contributed by atoms with Crippen LogP contribution in [0.3, 0.4) is 0 Å². The Morgan fingerprint density at radius 1 is 1.25 bits per heavy atom. The lowest BCUT2D eigenvalue weighted by Gasteiger charge is -2.15. The summed E-state index contributed by atoms with van der Waals surface area (Å²) in [4.78, 5) is 17.3. The fourth-order valence-corrected chi connectivity index (χ4v) is 4.05. The molecule has 6 heteroatoms. The van der Waals surface area contributed by atoms with Crippen molar-refractivity contribution in [2.75, 3.05) is 0 Å². The molecule has 0 fully saturated rings. The van der Waals surface area contributed by atoms with E-state index in [4.69, 9.17) is 4.74 Å². The molecule has 1 N–H and O–H groups in total. The summed E-state index contributed by atoms with van der Waals surface area (Å²) in [6, 6.07) is 14.0. The van der Waals surface area contributed by atoms with Gasteiger partial charge in [0.25, 0.3) is 0 Å². The van der Waals surface area contributed by atoms with Crippen molar-refractivity contribution >= 4 is 21.6 Å². The SMILES string of the molecule is Cc1ccc2nc(-n3[nH]c4c(c3=O)OCc3ccccc3-4)sc2c1. The number of aryl methyl sites for hydroxylation is 1. The third-order valence-electron chi connectivity index (χ3n) is 4.23. The first-order valence-electron chi connectivity index (χ1n) is 7.64. The lowest BCUT2D eigenvalue weighted by Crippen LogP contribution is -2.16. The van der Waals surface area contributed by atoms with E-state index < -0.39 is 0 Å². The molecule has 5 nitrogen and oxygen atoms in total. The molecule has 0 spiro atoms. The van der Waals surface area contributed by atoms with Crippen molar-refractivity contribution in [2.24, 2.45) is 0 Å². The minimum Gasteiger partial charge on any atom is -0.481 e. The highest BCUT2D eigenvalue weighted by Gasteiger charge is 2.25. The molecule has 0 saturated carbocycles. The van der Waals surface area contributed by atoms with Crippen LogP contribution in [0.25, 0.3) is 26.6 Å². The van der Waals surface area contributed by atoms with Gasteiger partial charge >= 0.3 is 5.56 Å². The number of fused-ring (bicyclic) bond motifs is 4. The summed E-state index contributed by atoms with van der Waals surface area (Å²) < 4.78 is 8.23. The zero-order chi connectivity index (χ0) is 16.3. The van der Waals surface area contributed by atoms with E-state index in [-0.39, 0.29) is 5.56 Å². The van der Waals surface area contributed by atoms with E-state index in [1.54, 1.807) is 0 Å². The summed E-state index contributed by atoms with van der Waals surface area (Å²) in [5.74, 6) is 0.365. The molecule has 5 rings (SSSR count). The number of rotatable bonds is 1. The topological polar surface area (TPSA) is 59.9 Å².